The van der Waals surface area contributed by atoms with Gasteiger partial charge in [-0.3, -0.25) is 0 Å². The highest BCUT2D eigenvalue weighted by Crippen LogP contribution is 2.30. The molecule has 0 saturated heterocycles. The lowest BCUT2D eigenvalue weighted by molar-refractivity contribution is 0.148. The van der Waals surface area contributed by atoms with E-state index in [1.54, 1.807) is 6.92 Å². The van der Waals surface area contributed by atoms with Crippen LogP contribution in [0, 0.1) is 22.1 Å². The van der Waals surface area contributed by atoms with Crippen LogP contribution in [0.5, 0.6) is 11.5 Å². The number of hydrogen-bond acceptors (Lipinski definition) is 3. The molecule has 1 atom stereocenters. The minimum absolute atomic E-state index is 0.0505. The fourth-order valence-electron chi connectivity index (χ4n) is 1.70. The van der Waals surface area contributed by atoms with Gasteiger partial charge in [0.1, 0.15) is 11.6 Å². The Morgan fingerprint density at radius 1 is 1.10 bits per heavy atom. The van der Waals surface area contributed by atoms with E-state index in [9.17, 15) is 8.78 Å². The van der Waals surface area contributed by atoms with Gasteiger partial charge in [-0.1, -0.05) is 12.1 Å². The molecule has 0 amide bonds. The number of benzene rings is 2. The predicted molar refractivity (Wildman–Crippen MR) is 73.9 cm³/mol. The van der Waals surface area contributed by atoms with Gasteiger partial charge in [0.2, 0.25) is 0 Å². The molecule has 2 N–H and O–H groups in total. The Morgan fingerprint density at radius 3 is 2.24 bits per heavy atom. The Morgan fingerprint density at radius 2 is 1.86 bits per heavy atom. The van der Waals surface area contributed by atoms with Crippen LogP contribution in [0.25, 0.3) is 0 Å². The summed E-state index contributed by atoms with van der Waals surface area (Å²) in [7, 11) is 0. The second-order valence-electron chi connectivity index (χ2n) is 4.75. The molecule has 3 rings (SSSR count). The van der Waals surface area contributed by atoms with Gasteiger partial charge in [0, 0.05) is 17.9 Å². The second-order valence-corrected chi connectivity index (χ2v) is 4.75. The quantitative estimate of drug-likeness (QED) is 0.777. The van der Waals surface area contributed by atoms with Crippen LogP contribution >= 0.6 is 0 Å². The Bertz CT molecular complexity index is 714. The molecule has 1 aromatic carbocycles. The number of aliphatic hydroxyl groups is 2. The van der Waals surface area contributed by atoms with Crippen LogP contribution in [0.15, 0.2) is 36.4 Å². The lowest BCUT2D eigenvalue weighted by Gasteiger charge is -2.12. The van der Waals surface area contributed by atoms with Crippen molar-refractivity contribution in [3.8, 4) is 11.5 Å². The third-order valence-corrected chi connectivity index (χ3v) is 2.95. The Kier molecular flexibility index (Phi) is 4.88. The molecule has 21 heavy (non-hydrogen) atoms. The van der Waals surface area contributed by atoms with Crippen molar-refractivity contribution in [2.24, 2.45) is 0 Å². The van der Waals surface area contributed by atoms with Crippen molar-refractivity contribution in [1.29, 1.82) is 0 Å². The van der Waals surface area contributed by atoms with Gasteiger partial charge in [0.25, 0.3) is 0 Å². The number of halogens is 2. The van der Waals surface area contributed by atoms with E-state index < -0.39 is 11.6 Å². The van der Waals surface area contributed by atoms with Crippen LogP contribution in [-0.4, -0.2) is 22.9 Å². The Labute approximate surface area is 120 Å². The fourth-order valence-corrected chi connectivity index (χ4v) is 1.70. The standard InChI is InChI=1S/C12H6F2O.C4H10O2/c13-8-2-4-11(10(14)6-8)15-12-5-7-1-3-9(7)12;1-4(6)2-3-5/h1-6H;4-6H,2-3H2,1H3. The molecular weight excluding hydrogens is 278 g/mol. The van der Waals surface area contributed by atoms with E-state index in [0.717, 1.165) is 16.5 Å². The molecular formula is C16H16F2O3. The van der Waals surface area contributed by atoms with E-state index in [0.29, 0.717) is 12.2 Å². The average Bonchev–Trinajstić information content (AvgIpc) is 2.38. The van der Waals surface area contributed by atoms with Crippen molar-refractivity contribution in [2.45, 2.75) is 19.4 Å². The van der Waals surface area contributed by atoms with Crippen molar-refractivity contribution in [1.82, 2.24) is 0 Å². The van der Waals surface area contributed by atoms with E-state index in [-0.39, 0.29) is 18.5 Å². The minimum Gasteiger partial charge on any atom is -0.454 e. The highest BCUT2D eigenvalue weighted by Gasteiger charge is 2.11. The zero-order valence-electron chi connectivity index (χ0n) is 11.5. The molecule has 0 bridgehead atoms. The van der Waals surface area contributed by atoms with Crippen LogP contribution in [0.3, 0.4) is 0 Å². The summed E-state index contributed by atoms with van der Waals surface area (Å²) >= 11 is 0. The summed E-state index contributed by atoms with van der Waals surface area (Å²) < 4.78 is 31.1. The molecule has 0 saturated carbocycles. The molecule has 0 spiro atoms. The van der Waals surface area contributed by atoms with Gasteiger partial charge in [-0.05, 0) is 36.8 Å². The van der Waals surface area contributed by atoms with Gasteiger partial charge in [0.15, 0.2) is 11.6 Å². The van der Waals surface area contributed by atoms with Crippen LogP contribution in [0.2, 0.25) is 0 Å². The predicted octanol–water partition coefficient (Wildman–Crippen LogP) is 3.11. The molecule has 5 heteroatoms. The van der Waals surface area contributed by atoms with E-state index in [4.69, 9.17) is 14.9 Å². The van der Waals surface area contributed by atoms with Gasteiger partial charge in [-0.15, -0.1) is 0 Å². The molecule has 0 aromatic heterocycles. The maximum absolute atomic E-state index is 13.2. The van der Waals surface area contributed by atoms with Crippen LogP contribution in [0.1, 0.15) is 13.3 Å². The zero-order valence-corrected chi connectivity index (χ0v) is 11.5. The number of rotatable bonds is 4. The maximum Gasteiger partial charge on any atom is 0.168 e. The molecule has 2 aliphatic carbocycles. The third-order valence-electron chi connectivity index (χ3n) is 2.95. The molecule has 0 aliphatic heterocycles. The largest absolute Gasteiger partial charge is 0.454 e. The highest BCUT2D eigenvalue weighted by atomic mass is 19.1. The van der Waals surface area contributed by atoms with E-state index in [1.807, 2.05) is 18.2 Å². The summed E-state index contributed by atoms with van der Waals surface area (Å²) in [6, 6.07) is 8.92. The van der Waals surface area contributed by atoms with Crippen LogP contribution in [0.4, 0.5) is 8.78 Å². The van der Waals surface area contributed by atoms with Gasteiger partial charge in [0.05, 0.1) is 6.10 Å². The van der Waals surface area contributed by atoms with Crippen LogP contribution < -0.4 is 4.74 Å². The summed E-state index contributed by atoms with van der Waals surface area (Å²) in [6.07, 6.45) is 0.134. The number of ether oxygens (including phenoxy) is 1. The first-order chi connectivity index (χ1) is 10.0. The Hall–Kier alpha value is -1.98. The topological polar surface area (TPSA) is 49.7 Å². The molecule has 0 fully saturated rings. The lowest BCUT2D eigenvalue weighted by atomic mass is 10.1. The third kappa shape index (κ3) is 3.77. The first kappa shape index (κ1) is 15.4. The monoisotopic (exact) mass is 294 g/mol. The van der Waals surface area contributed by atoms with Gasteiger partial charge < -0.3 is 14.9 Å². The van der Waals surface area contributed by atoms with Gasteiger partial charge in [-0.25, -0.2) is 8.78 Å². The van der Waals surface area contributed by atoms with E-state index >= 15 is 0 Å². The summed E-state index contributed by atoms with van der Waals surface area (Å²) in [5, 5.41) is 18.6. The van der Waals surface area contributed by atoms with Gasteiger partial charge >= 0.3 is 0 Å². The van der Waals surface area contributed by atoms with Crippen LogP contribution in [-0.2, 0) is 0 Å². The van der Waals surface area contributed by atoms with E-state index in [1.165, 1.54) is 12.1 Å². The number of aliphatic hydroxyl groups excluding tert-OH is 2. The molecule has 1 unspecified atom stereocenters. The normalized spacial score (nSPS) is 12.2. The summed E-state index contributed by atoms with van der Waals surface area (Å²) in [4.78, 5) is 0. The minimum atomic E-state index is -0.687. The second kappa shape index (κ2) is 6.65. The Balaban J connectivity index is 0.000000232. The molecule has 1 aromatic rings. The zero-order chi connectivity index (χ0) is 15.4. The van der Waals surface area contributed by atoms with Crippen molar-refractivity contribution >= 4 is 0 Å². The maximum atomic E-state index is 13.2. The lowest BCUT2D eigenvalue weighted by Crippen LogP contribution is -2.00. The van der Waals surface area contributed by atoms with Gasteiger partial charge in [-0.2, -0.15) is 0 Å². The molecule has 0 radical (unpaired) electrons. The smallest absolute Gasteiger partial charge is 0.168 e. The summed E-state index contributed by atoms with van der Waals surface area (Å²) in [5.41, 5.74) is 0. The first-order valence-electron chi connectivity index (χ1n) is 6.57. The first-order valence-corrected chi connectivity index (χ1v) is 6.57. The molecule has 2 aliphatic rings. The fraction of sp³-hybridized carbons (Fsp3) is 0.250. The average molecular weight is 294 g/mol. The molecule has 3 nitrogen and oxygen atoms in total. The number of hydrogen-bond donors (Lipinski definition) is 2. The molecule has 0 heterocycles. The SMILES string of the molecule is CC(O)CCO.Fc1ccc(Oc2cc3ccc2=3)c(F)c1. The van der Waals surface area contributed by atoms with Crippen molar-refractivity contribution in [3.05, 3.63) is 58.5 Å². The van der Waals surface area contributed by atoms with Crippen molar-refractivity contribution in [3.63, 3.8) is 0 Å². The van der Waals surface area contributed by atoms with E-state index in [2.05, 4.69) is 0 Å². The summed E-state index contributed by atoms with van der Waals surface area (Å²) in [5.74, 6) is -0.605. The summed E-state index contributed by atoms with van der Waals surface area (Å²) in [6.45, 7) is 1.73. The van der Waals surface area contributed by atoms with Crippen molar-refractivity contribution in [2.75, 3.05) is 6.61 Å². The van der Waals surface area contributed by atoms with Crippen molar-refractivity contribution < 1.29 is 23.7 Å². The highest BCUT2D eigenvalue weighted by molar-refractivity contribution is 5.42. The molecule has 112 valence electrons.